The molecule has 3 rings (SSSR count). The lowest BCUT2D eigenvalue weighted by atomic mass is 9.96. The summed E-state index contributed by atoms with van der Waals surface area (Å²) in [5.41, 5.74) is 0. The van der Waals surface area contributed by atoms with Gasteiger partial charge in [0.2, 0.25) is 5.91 Å². The van der Waals surface area contributed by atoms with Crippen LogP contribution in [0.1, 0.15) is 32.1 Å². The molecule has 17 heavy (non-hydrogen) atoms. The third-order valence-corrected chi connectivity index (χ3v) is 4.48. The molecule has 0 radical (unpaired) electrons. The van der Waals surface area contributed by atoms with Gasteiger partial charge in [0.25, 0.3) is 0 Å². The average Bonchev–Trinajstić information content (AvgIpc) is 2.83. The molecule has 4 nitrogen and oxygen atoms in total. The van der Waals surface area contributed by atoms with Gasteiger partial charge in [-0.1, -0.05) is 0 Å². The summed E-state index contributed by atoms with van der Waals surface area (Å²) in [6.07, 6.45) is 5.37. The van der Waals surface area contributed by atoms with E-state index in [1.54, 1.807) is 0 Å². The van der Waals surface area contributed by atoms with Gasteiger partial charge in [-0.05, 0) is 38.6 Å². The second kappa shape index (κ2) is 4.94. The van der Waals surface area contributed by atoms with Crippen LogP contribution in [0.15, 0.2) is 0 Å². The summed E-state index contributed by atoms with van der Waals surface area (Å²) in [6.45, 7) is 3.60. The quantitative estimate of drug-likeness (QED) is 0.733. The maximum Gasteiger partial charge on any atom is 0.226 e. The number of nitrogens with zero attached hydrogens (tertiary/aromatic N) is 1. The number of hydrogen-bond donors (Lipinski definition) is 1. The van der Waals surface area contributed by atoms with Crippen LogP contribution in [0.4, 0.5) is 0 Å². The molecular formula is C13H22N2O2. The maximum absolute atomic E-state index is 12.5. The van der Waals surface area contributed by atoms with E-state index in [1.165, 1.54) is 12.8 Å². The largest absolute Gasteiger partial charge is 0.381 e. The Bertz CT molecular complexity index is 289. The summed E-state index contributed by atoms with van der Waals surface area (Å²) >= 11 is 0. The van der Waals surface area contributed by atoms with E-state index in [-0.39, 0.29) is 5.92 Å². The first-order chi connectivity index (χ1) is 8.36. The number of ether oxygens (including phenoxy) is 1. The van der Waals surface area contributed by atoms with Crippen molar-refractivity contribution in [3.8, 4) is 0 Å². The lowest BCUT2D eigenvalue weighted by Crippen LogP contribution is -2.50. The average molecular weight is 238 g/mol. The molecule has 4 heteroatoms. The van der Waals surface area contributed by atoms with Crippen LogP contribution in [0.3, 0.4) is 0 Å². The van der Waals surface area contributed by atoms with Crippen molar-refractivity contribution >= 4 is 5.91 Å². The number of carbonyl (C=O) groups excluding carboxylic acids is 1. The second-order valence-electron chi connectivity index (χ2n) is 5.48. The Labute approximate surface area is 103 Å². The van der Waals surface area contributed by atoms with Crippen molar-refractivity contribution < 1.29 is 9.53 Å². The van der Waals surface area contributed by atoms with E-state index < -0.39 is 0 Å². The fraction of sp³-hybridized carbons (Fsp3) is 0.923. The van der Waals surface area contributed by atoms with Crippen molar-refractivity contribution in [3.63, 3.8) is 0 Å². The lowest BCUT2D eigenvalue weighted by molar-refractivity contribution is -0.139. The van der Waals surface area contributed by atoms with Gasteiger partial charge in [0.1, 0.15) is 0 Å². The molecule has 1 amide bonds. The van der Waals surface area contributed by atoms with Gasteiger partial charge in [-0.15, -0.1) is 0 Å². The second-order valence-corrected chi connectivity index (χ2v) is 5.48. The molecule has 2 unspecified atom stereocenters. The number of amides is 1. The van der Waals surface area contributed by atoms with Crippen LogP contribution in [-0.4, -0.2) is 49.2 Å². The van der Waals surface area contributed by atoms with Gasteiger partial charge in [0.15, 0.2) is 0 Å². The highest BCUT2D eigenvalue weighted by atomic mass is 16.5. The fourth-order valence-corrected chi connectivity index (χ4v) is 3.50. The van der Waals surface area contributed by atoms with E-state index in [9.17, 15) is 4.79 Å². The van der Waals surface area contributed by atoms with E-state index in [2.05, 4.69) is 10.2 Å². The predicted molar refractivity (Wildman–Crippen MR) is 64.7 cm³/mol. The van der Waals surface area contributed by atoms with Gasteiger partial charge in [-0.3, -0.25) is 4.79 Å². The number of rotatable bonds is 1. The molecule has 2 atom stereocenters. The van der Waals surface area contributed by atoms with E-state index >= 15 is 0 Å². The van der Waals surface area contributed by atoms with Crippen LogP contribution in [-0.2, 0) is 9.53 Å². The van der Waals surface area contributed by atoms with Crippen LogP contribution in [0.25, 0.3) is 0 Å². The highest BCUT2D eigenvalue weighted by molar-refractivity contribution is 5.79. The molecule has 0 aliphatic carbocycles. The summed E-state index contributed by atoms with van der Waals surface area (Å²) in [4.78, 5) is 14.7. The van der Waals surface area contributed by atoms with Crippen LogP contribution in [0.5, 0.6) is 0 Å². The molecule has 96 valence electrons. The Morgan fingerprint density at radius 1 is 1.18 bits per heavy atom. The fourth-order valence-electron chi connectivity index (χ4n) is 3.50. The molecule has 3 saturated heterocycles. The summed E-state index contributed by atoms with van der Waals surface area (Å²) in [5, 5.41) is 3.55. The summed E-state index contributed by atoms with van der Waals surface area (Å²) in [7, 11) is 0. The first kappa shape index (κ1) is 11.5. The molecule has 0 saturated carbocycles. The van der Waals surface area contributed by atoms with Crippen molar-refractivity contribution in [2.45, 2.75) is 44.2 Å². The summed E-state index contributed by atoms with van der Waals surface area (Å²) < 4.78 is 5.34. The number of nitrogens with one attached hydrogen (secondary N) is 1. The van der Waals surface area contributed by atoms with E-state index in [0.717, 1.165) is 45.6 Å². The normalized spacial score (nSPS) is 34.7. The zero-order valence-corrected chi connectivity index (χ0v) is 10.4. The Kier molecular flexibility index (Phi) is 3.34. The summed E-state index contributed by atoms with van der Waals surface area (Å²) in [6, 6.07) is 1.03. The number of hydrogen-bond acceptors (Lipinski definition) is 3. The SMILES string of the molecule is O=C(C1CCOCC1)N1CCC2NCCCC21. The minimum atomic E-state index is 0.226. The molecule has 3 aliphatic rings. The zero-order chi connectivity index (χ0) is 11.7. The number of piperidine rings is 1. The van der Waals surface area contributed by atoms with Crippen molar-refractivity contribution in [2.24, 2.45) is 5.92 Å². The number of likely N-dealkylation sites (tertiary alicyclic amines) is 1. The molecule has 0 aromatic rings. The molecule has 0 aromatic carbocycles. The van der Waals surface area contributed by atoms with Gasteiger partial charge < -0.3 is 15.0 Å². The molecule has 3 heterocycles. The monoisotopic (exact) mass is 238 g/mol. The van der Waals surface area contributed by atoms with Gasteiger partial charge in [0, 0.05) is 37.8 Å². The lowest BCUT2D eigenvalue weighted by Gasteiger charge is -2.35. The Morgan fingerprint density at radius 2 is 2.00 bits per heavy atom. The van der Waals surface area contributed by atoms with E-state index in [4.69, 9.17) is 4.74 Å². The first-order valence-corrected chi connectivity index (χ1v) is 6.98. The Hall–Kier alpha value is -0.610. The third-order valence-electron chi connectivity index (χ3n) is 4.48. The highest BCUT2D eigenvalue weighted by Gasteiger charge is 2.40. The molecular weight excluding hydrogens is 216 g/mol. The van der Waals surface area contributed by atoms with Gasteiger partial charge in [0.05, 0.1) is 0 Å². The predicted octanol–water partition coefficient (Wildman–Crippen LogP) is 0.766. The molecule has 0 spiro atoms. The van der Waals surface area contributed by atoms with Crippen molar-refractivity contribution in [1.82, 2.24) is 10.2 Å². The van der Waals surface area contributed by atoms with Gasteiger partial charge >= 0.3 is 0 Å². The molecule has 0 bridgehead atoms. The van der Waals surface area contributed by atoms with Gasteiger partial charge in [-0.2, -0.15) is 0 Å². The highest BCUT2D eigenvalue weighted by Crippen LogP contribution is 2.28. The van der Waals surface area contributed by atoms with Gasteiger partial charge in [-0.25, -0.2) is 0 Å². The minimum Gasteiger partial charge on any atom is -0.381 e. The summed E-state index contributed by atoms with van der Waals surface area (Å²) in [5.74, 6) is 0.619. The topological polar surface area (TPSA) is 41.6 Å². The van der Waals surface area contributed by atoms with Crippen LogP contribution >= 0.6 is 0 Å². The minimum absolute atomic E-state index is 0.226. The smallest absolute Gasteiger partial charge is 0.226 e. The maximum atomic E-state index is 12.5. The third kappa shape index (κ3) is 2.20. The van der Waals surface area contributed by atoms with Crippen LogP contribution < -0.4 is 5.32 Å². The Balaban J connectivity index is 1.65. The van der Waals surface area contributed by atoms with E-state index in [0.29, 0.717) is 18.0 Å². The number of fused-ring (bicyclic) bond motifs is 1. The number of carbonyl (C=O) groups is 1. The van der Waals surface area contributed by atoms with Crippen molar-refractivity contribution in [1.29, 1.82) is 0 Å². The molecule has 0 aromatic heterocycles. The van der Waals surface area contributed by atoms with Crippen molar-refractivity contribution in [3.05, 3.63) is 0 Å². The molecule has 3 fully saturated rings. The zero-order valence-electron chi connectivity index (χ0n) is 10.4. The van der Waals surface area contributed by atoms with Crippen LogP contribution in [0, 0.1) is 5.92 Å². The standard InChI is InChI=1S/C13H22N2O2/c16-13(10-4-8-17-9-5-10)15-7-3-11-12(15)2-1-6-14-11/h10-12,14H,1-9H2. The molecule has 3 aliphatic heterocycles. The van der Waals surface area contributed by atoms with E-state index in [1.807, 2.05) is 0 Å². The Morgan fingerprint density at radius 3 is 2.82 bits per heavy atom. The van der Waals surface area contributed by atoms with Crippen LogP contribution in [0.2, 0.25) is 0 Å². The molecule has 1 N–H and O–H groups in total. The van der Waals surface area contributed by atoms with Crippen molar-refractivity contribution in [2.75, 3.05) is 26.3 Å². The first-order valence-electron chi connectivity index (χ1n) is 6.98.